The number of nitrogens with two attached hydrogens (primary N) is 1. The maximum atomic E-state index is 12.1. The lowest BCUT2D eigenvalue weighted by atomic mass is 10.00. The first-order chi connectivity index (χ1) is 11.6. The number of carbonyl (C=O) groups is 1. The minimum Gasteiger partial charge on any atom is -0.356 e. The highest BCUT2D eigenvalue weighted by Crippen LogP contribution is 2.26. The Hall–Kier alpha value is -1.30. The quantitative estimate of drug-likeness (QED) is 0.776. The van der Waals surface area contributed by atoms with Crippen LogP contribution in [0.1, 0.15) is 51.4 Å². The zero-order valence-electron chi connectivity index (χ0n) is 15.5. The van der Waals surface area contributed by atoms with Crippen molar-refractivity contribution in [2.75, 3.05) is 6.54 Å². The van der Waals surface area contributed by atoms with Crippen LogP contribution in [0.3, 0.4) is 0 Å². The first kappa shape index (κ1) is 22.7. The minimum atomic E-state index is 0. The van der Waals surface area contributed by atoms with E-state index >= 15 is 0 Å². The van der Waals surface area contributed by atoms with E-state index in [1.165, 1.54) is 0 Å². The van der Waals surface area contributed by atoms with Crippen molar-refractivity contribution in [1.82, 2.24) is 14.9 Å². The van der Waals surface area contributed by atoms with E-state index in [4.69, 9.17) is 10.7 Å². The van der Waals surface area contributed by atoms with Crippen LogP contribution >= 0.6 is 24.8 Å². The van der Waals surface area contributed by atoms with Crippen molar-refractivity contribution in [3.63, 3.8) is 0 Å². The number of nitrogens with zero attached hydrogens (tertiary/aromatic N) is 2. The Morgan fingerprint density at radius 2 is 2.04 bits per heavy atom. The number of rotatable bonds is 6. The van der Waals surface area contributed by atoms with Crippen LogP contribution in [0.25, 0.3) is 11.0 Å². The first-order valence-corrected chi connectivity index (χ1v) is 9.04. The van der Waals surface area contributed by atoms with Crippen LogP contribution in [0.4, 0.5) is 0 Å². The fourth-order valence-electron chi connectivity index (χ4n) is 3.79. The van der Waals surface area contributed by atoms with Crippen LogP contribution in [-0.4, -0.2) is 28.0 Å². The van der Waals surface area contributed by atoms with Gasteiger partial charge in [-0.15, -0.1) is 24.8 Å². The van der Waals surface area contributed by atoms with Gasteiger partial charge in [-0.05, 0) is 44.7 Å². The number of amides is 1. The van der Waals surface area contributed by atoms with Gasteiger partial charge in [0.2, 0.25) is 5.91 Å². The van der Waals surface area contributed by atoms with Gasteiger partial charge < -0.3 is 15.6 Å². The van der Waals surface area contributed by atoms with E-state index in [2.05, 4.69) is 29.8 Å². The van der Waals surface area contributed by atoms with Gasteiger partial charge in [0.25, 0.3) is 0 Å². The number of aromatic nitrogens is 2. The fraction of sp³-hybridized carbons (Fsp3) is 0.579. The van der Waals surface area contributed by atoms with Crippen molar-refractivity contribution in [3.8, 4) is 0 Å². The maximum Gasteiger partial charge on any atom is 0.220 e. The number of fused-ring (bicyclic) bond motifs is 1. The van der Waals surface area contributed by atoms with Gasteiger partial charge in [-0.25, -0.2) is 4.98 Å². The summed E-state index contributed by atoms with van der Waals surface area (Å²) >= 11 is 0. The highest BCUT2D eigenvalue weighted by Gasteiger charge is 2.25. The molecule has 7 heteroatoms. The molecule has 1 aliphatic carbocycles. The number of benzene rings is 1. The summed E-state index contributed by atoms with van der Waals surface area (Å²) in [5.41, 5.74) is 8.23. The van der Waals surface area contributed by atoms with Crippen LogP contribution < -0.4 is 11.1 Å². The molecule has 2 aromatic rings. The lowest BCUT2D eigenvalue weighted by Gasteiger charge is -2.15. The van der Waals surface area contributed by atoms with Crippen molar-refractivity contribution in [1.29, 1.82) is 0 Å². The number of imidazole rings is 1. The molecule has 0 saturated heterocycles. The summed E-state index contributed by atoms with van der Waals surface area (Å²) in [7, 11) is 0. The molecule has 0 unspecified atom stereocenters. The van der Waals surface area contributed by atoms with E-state index in [-0.39, 0.29) is 36.8 Å². The summed E-state index contributed by atoms with van der Waals surface area (Å²) in [6, 6.07) is 8.74. The molecule has 1 fully saturated rings. The van der Waals surface area contributed by atoms with Crippen molar-refractivity contribution in [2.24, 2.45) is 11.7 Å². The second-order valence-electron chi connectivity index (χ2n) is 7.14. The maximum absolute atomic E-state index is 12.1. The molecule has 1 amide bonds. The number of hydrogen-bond acceptors (Lipinski definition) is 3. The molecule has 146 valence electrons. The Morgan fingerprint density at radius 3 is 2.69 bits per heavy atom. The van der Waals surface area contributed by atoms with Gasteiger partial charge >= 0.3 is 0 Å². The van der Waals surface area contributed by atoms with Crippen LogP contribution in [0.5, 0.6) is 0 Å². The molecule has 0 radical (unpaired) electrons. The third-order valence-electron chi connectivity index (χ3n) is 5.02. The topological polar surface area (TPSA) is 72.9 Å². The molecule has 1 aliphatic rings. The average Bonchev–Trinajstić information content (AvgIpc) is 3.10. The molecule has 3 rings (SSSR count). The summed E-state index contributed by atoms with van der Waals surface area (Å²) in [5, 5.41) is 3.04. The highest BCUT2D eigenvalue weighted by molar-refractivity contribution is 5.85. The van der Waals surface area contributed by atoms with Crippen molar-refractivity contribution in [3.05, 3.63) is 30.1 Å². The molecule has 1 saturated carbocycles. The lowest BCUT2D eigenvalue weighted by molar-refractivity contribution is -0.122. The number of hydrogen-bond donors (Lipinski definition) is 2. The van der Waals surface area contributed by atoms with Crippen LogP contribution in [0, 0.1) is 5.92 Å². The minimum absolute atomic E-state index is 0. The summed E-state index contributed by atoms with van der Waals surface area (Å²) < 4.78 is 2.26. The average molecular weight is 401 g/mol. The molecule has 1 heterocycles. The molecule has 1 aromatic carbocycles. The highest BCUT2D eigenvalue weighted by atomic mass is 35.5. The van der Waals surface area contributed by atoms with E-state index < -0.39 is 0 Å². The second kappa shape index (κ2) is 10.1. The van der Waals surface area contributed by atoms with Crippen molar-refractivity contribution in [2.45, 2.75) is 58.0 Å². The SMILES string of the molecule is CC(C)n1c(CCNC(=O)C[C@@H]2CCC[C@H]2N)nc2ccccc21.Cl.Cl. The van der Waals surface area contributed by atoms with E-state index in [0.29, 0.717) is 24.9 Å². The zero-order valence-corrected chi connectivity index (χ0v) is 17.1. The fourth-order valence-corrected chi connectivity index (χ4v) is 3.79. The summed E-state index contributed by atoms with van der Waals surface area (Å²) in [6.45, 7) is 4.95. The van der Waals surface area contributed by atoms with Gasteiger partial charge in [-0.2, -0.15) is 0 Å². The largest absolute Gasteiger partial charge is 0.356 e. The number of nitrogens with one attached hydrogen (secondary N) is 1. The van der Waals surface area contributed by atoms with Gasteiger partial charge in [-0.3, -0.25) is 4.79 Å². The molecule has 3 N–H and O–H groups in total. The molecular formula is C19H30Cl2N4O. The molecule has 5 nitrogen and oxygen atoms in total. The summed E-state index contributed by atoms with van der Waals surface area (Å²) in [6.07, 6.45) is 4.59. The summed E-state index contributed by atoms with van der Waals surface area (Å²) in [4.78, 5) is 16.9. The smallest absolute Gasteiger partial charge is 0.220 e. The monoisotopic (exact) mass is 400 g/mol. The normalized spacial score (nSPS) is 19.2. The van der Waals surface area contributed by atoms with E-state index in [1.807, 2.05) is 18.2 Å². The van der Waals surface area contributed by atoms with Crippen LogP contribution in [0.15, 0.2) is 24.3 Å². The van der Waals surface area contributed by atoms with Crippen molar-refractivity contribution < 1.29 is 4.79 Å². The van der Waals surface area contributed by atoms with Gasteiger partial charge in [0, 0.05) is 31.5 Å². The molecule has 2 atom stereocenters. The van der Waals surface area contributed by atoms with E-state index in [9.17, 15) is 4.79 Å². The van der Waals surface area contributed by atoms with Crippen molar-refractivity contribution >= 4 is 41.8 Å². The molecule has 0 spiro atoms. The zero-order chi connectivity index (χ0) is 17.1. The Balaban J connectivity index is 0.00000169. The Kier molecular flexibility index (Phi) is 8.87. The third-order valence-corrected chi connectivity index (χ3v) is 5.02. The second-order valence-corrected chi connectivity index (χ2v) is 7.14. The summed E-state index contributed by atoms with van der Waals surface area (Å²) in [5.74, 6) is 1.50. The molecular weight excluding hydrogens is 371 g/mol. The molecule has 0 aliphatic heterocycles. The number of halogens is 2. The third kappa shape index (κ3) is 5.12. The number of carbonyl (C=O) groups excluding carboxylic acids is 1. The van der Waals surface area contributed by atoms with E-state index in [0.717, 1.165) is 42.5 Å². The van der Waals surface area contributed by atoms with Gasteiger partial charge in [-0.1, -0.05) is 18.6 Å². The molecule has 0 bridgehead atoms. The van der Waals surface area contributed by atoms with Crippen LogP contribution in [-0.2, 0) is 11.2 Å². The Labute approximate surface area is 167 Å². The van der Waals surface area contributed by atoms with E-state index in [1.54, 1.807) is 0 Å². The Morgan fingerprint density at radius 1 is 1.31 bits per heavy atom. The molecule has 1 aromatic heterocycles. The lowest BCUT2D eigenvalue weighted by Crippen LogP contribution is -2.32. The number of para-hydroxylation sites is 2. The van der Waals surface area contributed by atoms with Gasteiger partial charge in [0.1, 0.15) is 5.82 Å². The van der Waals surface area contributed by atoms with Gasteiger partial charge in [0.05, 0.1) is 11.0 Å². The predicted octanol–water partition coefficient (Wildman–Crippen LogP) is 3.64. The predicted molar refractivity (Wildman–Crippen MR) is 111 cm³/mol. The Bertz CT molecular complexity index is 717. The first-order valence-electron chi connectivity index (χ1n) is 9.04. The van der Waals surface area contributed by atoms with Crippen LogP contribution in [0.2, 0.25) is 0 Å². The standard InChI is InChI=1S/C19H28N4O.2ClH/c1-13(2)23-17-9-4-3-8-16(17)22-18(23)10-11-21-19(24)12-14-6-5-7-15(14)20;;/h3-4,8-9,13-15H,5-7,10-12,20H2,1-2H3,(H,21,24);2*1H/t14-,15+;;/m0../s1. The van der Waals surface area contributed by atoms with Gasteiger partial charge in [0.15, 0.2) is 0 Å². The molecule has 26 heavy (non-hydrogen) atoms.